The second kappa shape index (κ2) is 8.30. The van der Waals surface area contributed by atoms with E-state index < -0.39 is 27.7 Å². The van der Waals surface area contributed by atoms with Gasteiger partial charge in [0.1, 0.15) is 17.2 Å². The van der Waals surface area contributed by atoms with Gasteiger partial charge in [-0.25, -0.2) is 8.42 Å². The SMILES string of the molecule is COc1ccc(C(=O)N/C(=C/c2ccco2)C(=O)N[C@H]2CCS(=O)(=O)C2)cc1. The van der Waals surface area contributed by atoms with Gasteiger partial charge in [-0.05, 0) is 42.8 Å². The first-order valence-corrected chi connectivity index (χ1v) is 10.4. The van der Waals surface area contributed by atoms with E-state index in [0.29, 0.717) is 23.5 Å². The molecule has 0 radical (unpaired) electrons. The van der Waals surface area contributed by atoms with Crippen LogP contribution in [0.3, 0.4) is 0 Å². The van der Waals surface area contributed by atoms with Crippen molar-refractivity contribution in [3.63, 3.8) is 0 Å². The number of hydrogen-bond acceptors (Lipinski definition) is 6. The van der Waals surface area contributed by atoms with Crippen LogP contribution in [0.2, 0.25) is 0 Å². The molecule has 2 amide bonds. The third kappa shape index (κ3) is 5.01. The Labute approximate surface area is 162 Å². The molecule has 2 heterocycles. The van der Waals surface area contributed by atoms with Crippen LogP contribution in [0.1, 0.15) is 22.5 Å². The Morgan fingerprint density at radius 1 is 1.21 bits per heavy atom. The van der Waals surface area contributed by atoms with Crippen molar-refractivity contribution in [3.05, 3.63) is 59.7 Å². The Bertz CT molecular complexity index is 978. The molecule has 1 aromatic heterocycles. The van der Waals surface area contributed by atoms with Crippen molar-refractivity contribution in [3.8, 4) is 5.75 Å². The first-order chi connectivity index (χ1) is 13.4. The van der Waals surface area contributed by atoms with Gasteiger partial charge >= 0.3 is 0 Å². The number of sulfone groups is 1. The van der Waals surface area contributed by atoms with Crippen molar-refractivity contribution >= 4 is 27.7 Å². The third-order valence-corrected chi connectivity index (χ3v) is 6.01. The zero-order chi connectivity index (χ0) is 20.1. The van der Waals surface area contributed by atoms with Crippen LogP contribution in [0.25, 0.3) is 6.08 Å². The summed E-state index contributed by atoms with van der Waals surface area (Å²) in [5.41, 5.74) is 0.294. The number of carbonyl (C=O) groups excluding carboxylic acids is 2. The Morgan fingerprint density at radius 2 is 1.96 bits per heavy atom. The molecule has 8 nitrogen and oxygen atoms in total. The van der Waals surface area contributed by atoms with E-state index in [-0.39, 0.29) is 17.2 Å². The molecular weight excluding hydrogens is 384 g/mol. The van der Waals surface area contributed by atoms with Crippen LogP contribution >= 0.6 is 0 Å². The molecule has 0 unspecified atom stereocenters. The number of carbonyl (C=O) groups is 2. The highest BCUT2D eigenvalue weighted by molar-refractivity contribution is 7.91. The third-order valence-electron chi connectivity index (χ3n) is 4.24. The van der Waals surface area contributed by atoms with Gasteiger partial charge in [0.25, 0.3) is 11.8 Å². The molecule has 0 saturated carbocycles. The van der Waals surface area contributed by atoms with E-state index in [4.69, 9.17) is 9.15 Å². The second-order valence-corrected chi connectivity index (χ2v) is 8.56. The predicted molar refractivity (Wildman–Crippen MR) is 102 cm³/mol. The van der Waals surface area contributed by atoms with Crippen molar-refractivity contribution in [2.45, 2.75) is 12.5 Å². The Morgan fingerprint density at radius 3 is 2.54 bits per heavy atom. The first kappa shape index (κ1) is 19.7. The fraction of sp³-hybridized carbons (Fsp3) is 0.263. The van der Waals surface area contributed by atoms with Crippen LogP contribution in [-0.2, 0) is 14.6 Å². The van der Waals surface area contributed by atoms with Crippen molar-refractivity contribution < 1.29 is 27.2 Å². The summed E-state index contributed by atoms with van der Waals surface area (Å²) in [6.07, 6.45) is 3.17. The van der Waals surface area contributed by atoms with Gasteiger partial charge in [-0.1, -0.05) is 0 Å². The van der Waals surface area contributed by atoms with Crippen LogP contribution in [0.15, 0.2) is 52.8 Å². The maximum Gasteiger partial charge on any atom is 0.268 e. The minimum atomic E-state index is -3.14. The Kier molecular flexibility index (Phi) is 5.84. The lowest BCUT2D eigenvalue weighted by atomic mass is 10.2. The summed E-state index contributed by atoms with van der Waals surface area (Å²) in [7, 11) is -1.62. The summed E-state index contributed by atoms with van der Waals surface area (Å²) in [4.78, 5) is 25.2. The molecule has 1 fully saturated rings. The summed E-state index contributed by atoms with van der Waals surface area (Å²) >= 11 is 0. The molecule has 1 aliphatic rings. The molecule has 2 N–H and O–H groups in total. The topological polar surface area (TPSA) is 115 Å². The second-order valence-electron chi connectivity index (χ2n) is 6.33. The zero-order valence-electron chi connectivity index (χ0n) is 15.2. The van der Waals surface area contributed by atoms with Crippen molar-refractivity contribution in [2.24, 2.45) is 0 Å². The largest absolute Gasteiger partial charge is 0.497 e. The minimum Gasteiger partial charge on any atom is -0.497 e. The monoisotopic (exact) mass is 404 g/mol. The minimum absolute atomic E-state index is 0.0351. The summed E-state index contributed by atoms with van der Waals surface area (Å²) in [6, 6.07) is 9.20. The standard InChI is InChI=1S/C19H20N2O6S/c1-26-15-6-4-13(5-7-15)18(22)21-17(11-16-3-2-9-27-16)19(23)20-14-8-10-28(24,25)12-14/h2-7,9,11,14H,8,10,12H2,1H3,(H,20,23)(H,21,22)/b17-11+/t14-/m0/s1. The van der Waals surface area contributed by atoms with E-state index >= 15 is 0 Å². The van der Waals surface area contributed by atoms with Gasteiger partial charge in [0.05, 0.1) is 24.9 Å². The molecule has 148 valence electrons. The summed E-state index contributed by atoms with van der Waals surface area (Å²) < 4.78 is 33.5. The van der Waals surface area contributed by atoms with Crippen LogP contribution in [0.4, 0.5) is 0 Å². The highest BCUT2D eigenvalue weighted by Gasteiger charge is 2.30. The van der Waals surface area contributed by atoms with Gasteiger partial charge in [-0.15, -0.1) is 0 Å². The van der Waals surface area contributed by atoms with E-state index in [9.17, 15) is 18.0 Å². The molecule has 1 aromatic carbocycles. The molecule has 2 aromatic rings. The van der Waals surface area contributed by atoms with E-state index in [2.05, 4.69) is 10.6 Å². The number of hydrogen-bond donors (Lipinski definition) is 2. The van der Waals surface area contributed by atoms with Gasteiger partial charge in [0, 0.05) is 17.7 Å². The van der Waals surface area contributed by atoms with Crippen LogP contribution in [0.5, 0.6) is 5.75 Å². The van der Waals surface area contributed by atoms with Gasteiger partial charge in [-0.2, -0.15) is 0 Å². The number of methoxy groups -OCH3 is 1. The fourth-order valence-corrected chi connectivity index (χ4v) is 4.46. The average molecular weight is 404 g/mol. The van der Waals surface area contributed by atoms with Gasteiger partial charge < -0.3 is 19.8 Å². The number of ether oxygens (including phenoxy) is 1. The van der Waals surface area contributed by atoms with Crippen molar-refractivity contribution in [1.82, 2.24) is 10.6 Å². The number of furan rings is 1. The smallest absolute Gasteiger partial charge is 0.268 e. The molecule has 0 aliphatic carbocycles. The van der Waals surface area contributed by atoms with E-state index in [1.165, 1.54) is 19.4 Å². The van der Waals surface area contributed by atoms with Crippen LogP contribution in [0, 0.1) is 0 Å². The highest BCUT2D eigenvalue weighted by Crippen LogP contribution is 2.14. The Balaban J connectivity index is 1.77. The number of rotatable bonds is 6. The van der Waals surface area contributed by atoms with Crippen LogP contribution in [-0.4, -0.2) is 44.9 Å². The normalized spacial score (nSPS) is 18.5. The maximum atomic E-state index is 12.7. The summed E-state index contributed by atoms with van der Waals surface area (Å²) in [6.45, 7) is 0. The summed E-state index contributed by atoms with van der Waals surface area (Å²) in [5.74, 6) is -0.177. The molecule has 1 aliphatic heterocycles. The molecule has 0 spiro atoms. The average Bonchev–Trinajstić information content (AvgIpc) is 3.30. The fourth-order valence-electron chi connectivity index (χ4n) is 2.78. The van der Waals surface area contributed by atoms with Crippen molar-refractivity contribution in [1.29, 1.82) is 0 Å². The zero-order valence-corrected chi connectivity index (χ0v) is 16.0. The number of benzene rings is 1. The lowest BCUT2D eigenvalue weighted by Crippen LogP contribution is -2.41. The number of amides is 2. The molecule has 3 rings (SSSR count). The van der Waals surface area contributed by atoms with Gasteiger partial charge in [0.2, 0.25) is 0 Å². The molecule has 1 saturated heterocycles. The molecular formula is C19H20N2O6S. The quantitative estimate of drug-likeness (QED) is 0.703. The van der Waals surface area contributed by atoms with E-state index in [1.807, 2.05) is 0 Å². The van der Waals surface area contributed by atoms with Crippen LogP contribution < -0.4 is 15.4 Å². The molecule has 28 heavy (non-hydrogen) atoms. The molecule has 1 atom stereocenters. The van der Waals surface area contributed by atoms with E-state index in [0.717, 1.165) is 0 Å². The lowest BCUT2D eigenvalue weighted by molar-refractivity contribution is -0.118. The Hall–Kier alpha value is -3.07. The number of nitrogens with one attached hydrogen (secondary N) is 2. The van der Waals surface area contributed by atoms with Crippen molar-refractivity contribution in [2.75, 3.05) is 18.6 Å². The van der Waals surface area contributed by atoms with E-state index in [1.54, 1.807) is 36.4 Å². The van der Waals surface area contributed by atoms with Gasteiger partial charge in [-0.3, -0.25) is 9.59 Å². The molecule has 9 heteroatoms. The maximum absolute atomic E-state index is 12.7. The van der Waals surface area contributed by atoms with Gasteiger partial charge in [0.15, 0.2) is 9.84 Å². The lowest BCUT2D eigenvalue weighted by Gasteiger charge is -2.14. The first-order valence-electron chi connectivity index (χ1n) is 8.58. The molecule has 0 bridgehead atoms. The highest BCUT2D eigenvalue weighted by atomic mass is 32.2. The predicted octanol–water partition coefficient (Wildman–Crippen LogP) is 1.36. The summed E-state index contributed by atoms with van der Waals surface area (Å²) in [5, 5.41) is 5.22.